The molecule has 2 aromatic carbocycles. The predicted octanol–water partition coefficient (Wildman–Crippen LogP) is 3.54. The summed E-state index contributed by atoms with van der Waals surface area (Å²) in [6, 6.07) is 11.6. The van der Waals surface area contributed by atoms with Gasteiger partial charge in [-0.25, -0.2) is 8.42 Å². The largest absolute Gasteiger partial charge is 0.295 e. The van der Waals surface area contributed by atoms with Gasteiger partial charge in [0.25, 0.3) is 15.6 Å². The summed E-state index contributed by atoms with van der Waals surface area (Å²) in [4.78, 5) is 23.4. The van der Waals surface area contributed by atoms with Gasteiger partial charge in [0, 0.05) is 11.3 Å². The van der Waals surface area contributed by atoms with Crippen molar-refractivity contribution in [2.24, 2.45) is 0 Å². The number of aromatic nitrogens is 2. The summed E-state index contributed by atoms with van der Waals surface area (Å²) in [5, 5.41) is 3.74. The molecule has 1 aromatic heterocycles. The molecule has 0 aliphatic rings. The Kier molecular flexibility index (Phi) is 5.55. The van der Waals surface area contributed by atoms with Crippen LogP contribution in [0.3, 0.4) is 0 Å². The Morgan fingerprint density at radius 2 is 1.64 bits per heavy atom. The number of hydrogen-bond acceptors (Lipinski definition) is 5. The van der Waals surface area contributed by atoms with Crippen molar-refractivity contribution in [1.29, 1.82) is 0 Å². The van der Waals surface area contributed by atoms with Gasteiger partial charge in [-0.15, -0.1) is 0 Å². The summed E-state index contributed by atoms with van der Waals surface area (Å²) in [7, 11) is -3.86. The van der Waals surface area contributed by atoms with Crippen LogP contribution in [0.25, 0.3) is 5.69 Å². The van der Waals surface area contributed by atoms with E-state index in [4.69, 9.17) is 23.2 Å². The van der Waals surface area contributed by atoms with Crippen LogP contribution in [0.15, 0.2) is 64.4 Å². The van der Waals surface area contributed by atoms with E-state index >= 15 is 0 Å². The van der Waals surface area contributed by atoms with Gasteiger partial charge in [0.1, 0.15) is 5.02 Å². The molecule has 10 heteroatoms. The molecule has 0 radical (unpaired) electrons. The van der Waals surface area contributed by atoms with E-state index in [0.29, 0.717) is 16.9 Å². The fraction of sp³-hybridized carbons (Fsp3) is 0.0556. The Hall–Kier alpha value is -2.68. The molecule has 144 valence electrons. The molecule has 0 fully saturated rings. The van der Waals surface area contributed by atoms with Gasteiger partial charge in [0.2, 0.25) is 0 Å². The summed E-state index contributed by atoms with van der Waals surface area (Å²) >= 11 is 11.6. The highest BCUT2D eigenvalue weighted by atomic mass is 35.5. The summed E-state index contributed by atoms with van der Waals surface area (Å²) in [6.45, 7) is 1.43. The molecule has 28 heavy (non-hydrogen) atoms. The minimum absolute atomic E-state index is 0.0139. The SMILES string of the molecule is CC(=O)c1ccc(NS(=O)(=O)c2ccc(-n3ncc(Cl)c(Cl)c3=O)cc2)cc1. The average molecular weight is 438 g/mol. The molecular weight excluding hydrogens is 425 g/mol. The van der Waals surface area contributed by atoms with Crippen molar-refractivity contribution in [3.63, 3.8) is 0 Å². The number of carbonyl (C=O) groups is 1. The molecule has 1 N–H and O–H groups in total. The van der Waals surface area contributed by atoms with Crippen LogP contribution in [0.4, 0.5) is 5.69 Å². The van der Waals surface area contributed by atoms with Crippen molar-refractivity contribution in [2.45, 2.75) is 11.8 Å². The van der Waals surface area contributed by atoms with E-state index in [-0.39, 0.29) is 20.7 Å². The molecule has 0 aliphatic carbocycles. The summed E-state index contributed by atoms with van der Waals surface area (Å²) in [5.41, 5.74) is 0.505. The highest BCUT2D eigenvalue weighted by molar-refractivity contribution is 7.92. The van der Waals surface area contributed by atoms with Crippen molar-refractivity contribution in [1.82, 2.24) is 9.78 Å². The van der Waals surface area contributed by atoms with Gasteiger partial charge in [-0.1, -0.05) is 23.2 Å². The highest BCUT2D eigenvalue weighted by Crippen LogP contribution is 2.19. The van der Waals surface area contributed by atoms with Crippen molar-refractivity contribution >= 4 is 44.7 Å². The van der Waals surface area contributed by atoms with E-state index in [2.05, 4.69) is 9.82 Å². The fourth-order valence-electron chi connectivity index (χ4n) is 2.35. The lowest BCUT2D eigenvalue weighted by Gasteiger charge is -2.10. The van der Waals surface area contributed by atoms with Crippen LogP contribution in [0.2, 0.25) is 10.0 Å². The zero-order chi connectivity index (χ0) is 20.5. The number of hydrogen-bond donors (Lipinski definition) is 1. The standard InChI is InChI=1S/C18H13Cl2N3O4S/c1-11(24)12-2-4-13(5-3-12)22-28(26,27)15-8-6-14(7-9-15)23-18(25)17(20)16(19)10-21-23/h2-10,22H,1H3. The fourth-order valence-corrected chi connectivity index (χ4v) is 3.66. The number of sulfonamides is 1. The third-order valence-electron chi connectivity index (χ3n) is 3.81. The number of nitrogens with one attached hydrogen (secondary N) is 1. The monoisotopic (exact) mass is 437 g/mol. The maximum absolute atomic E-state index is 12.5. The number of nitrogens with zero attached hydrogens (tertiary/aromatic N) is 2. The number of ketones is 1. The van der Waals surface area contributed by atoms with Crippen LogP contribution in [0.5, 0.6) is 0 Å². The van der Waals surface area contributed by atoms with Gasteiger partial charge >= 0.3 is 0 Å². The Balaban J connectivity index is 1.87. The minimum atomic E-state index is -3.86. The van der Waals surface area contributed by atoms with Crippen LogP contribution >= 0.6 is 23.2 Å². The predicted molar refractivity (Wildman–Crippen MR) is 107 cm³/mol. The molecule has 1 heterocycles. The van der Waals surface area contributed by atoms with Crippen LogP contribution in [0, 0.1) is 0 Å². The highest BCUT2D eigenvalue weighted by Gasteiger charge is 2.15. The van der Waals surface area contributed by atoms with Crippen molar-refractivity contribution in [3.05, 3.63) is 80.7 Å². The molecular formula is C18H13Cl2N3O4S. The lowest BCUT2D eigenvalue weighted by molar-refractivity contribution is 0.101. The van der Waals surface area contributed by atoms with E-state index in [0.717, 1.165) is 4.68 Å². The number of halogens is 2. The van der Waals surface area contributed by atoms with E-state index in [1.165, 1.54) is 61.7 Å². The first-order valence-electron chi connectivity index (χ1n) is 7.86. The summed E-state index contributed by atoms with van der Waals surface area (Å²) < 4.78 is 28.5. The molecule has 0 amide bonds. The lowest BCUT2D eigenvalue weighted by atomic mass is 10.1. The molecule has 0 aliphatic heterocycles. The molecule has 0 saturated carbocycles. The minimum Gasteiger partial charge on any atom is -0.295 e. The summed E-state index contributed by atoms with van der Waals surface area (Å²) in [6.07, 6.45) is 1.22. The quantitative estimate of drug-likeness (QED) is 0.615. The zero-order valence-electron chi connectivity index (χ0n) is 14.4. The van der Waals surface area contributed by atoms with Crippen molar-refractivity contribution < 1.29 is 13.2 Å². The first kappa shape index (κ1) is 20.1. The Morgan fingerprint density at radius 1 is 1.04 bits per heavy atom. The number of rotatable bonds is 5. The third-order valence-corrected chi connectivity index (χ3v) is 5.96. The molecule has 0 bridgehead atoms. The molecule has 3 rings (SSSR count). The Morgan fingerprint density at radius 3 is 2.21 bits per heavy atom. The topological polar surface area (TPSA) is 98.1 Å². The number of carbonyl (C=O) groups excluding carboxylic acids is 1. The second-order valence-corrected chi connectivity index (χ2v) is 8.22. The second-order valence-electron chi connectivity index (χ2n) is 5.76. The van der Waals surface area contributed by atoms with Crippen molar-refractivity contribution in [2.75, 3.05) is 4.72 Å². The zero-order valence-corrected chi connectivity index (χ0v) is 16.7. The van der Waals surface area contributed by atoms with Gasteiger partial charge in [0.15, 0.2) is 5.78 Å². The Bertz CT molecular complexity index is 1210. The number of benzene rings is 2. The third kappa shape index (κ3) is 4.09. The lowest BCUT2D eigenvalue weighted by Crippen LogP contribution is -2.21. The maximum Gasteiger partial charge on any atom is 0.291 e. The maximum atomic E-state index is 12.5. The first-order chi connectivity index (χ1) is 13.2. The van der Waals surface area contributed by atoms with Crippen molar-refractivity contribution in [3.8, 4) is 5.69 Å². The molecule has 0 atom stereocenters. The van der Waals surface area contributed by atoms with E-state index in [9.17, 15) is 18.0 Å². The first-order valence-corrected chi connectivity index (χ1v) is 10.1. The average Bonchev–Trinajstić information content (AvgIpc) is 2.66. The van der Waals surface area contributed by atoms with Gasteiger partial charge in [-0.3, -0.25) is 14.3 Å². The summed E-state index contributed by atoms with van der Waals surface area (Å²) in [5.74, 6) is -0.115. The van der Waals surface area contributed by atoms with Gasteiger partial charge in [-0.05, 0) is 55.5 Å². The second kappa shape index (κ2) is 7.75. The Labute approximate surface area is 170 Å². The van der Waals surface area contributed by atoms with Gasteiger partial charge < -0.3 is 0 Å². The molecule has 7 nitrogen and oxygen atoms in total. The molecule has 0 spiro atoms. The van der Waals surface area contributed by atoms with Gasteiger partial charge in [-0.2, -0.15) is 9.78 Å². The van der Waals surface area contributed by atoms with Crippen LogP contribution in [-0.2, 0) is 10.0 Å². The molecule has 0 saturated heterocycles. The van der Waals surface area contributed by atoms with Crippen LogP contribution < -0.4 is 10.3 Å². The van der Waals surface area contributed by atoms with Crippen LogP contribution in [-0.4, -0.2) is 24.0 Å². The normalized spacial score (nSPS) is 11.2. The molecule has 3 aromatic rings. The number of anilines is 1. The smallest absolute Gasteiger partial charge is 0.291 e. The van der Waals surface area contributed by atoms with Crippen LogP contribution in [0.1, 0.15) is 17.3 Å². The van der Waals surface area contributed by atoms with E-state index < -0.39 is 15.6 Å². The van der Waals surface area contributed by atoms with E-state index in [1.54, 1.807) is 0 Å². The van der Waals surface area contributed by atoms with E-state index in [1.807, 2.05) is 0 Å². The van der Waals surface area contributed by atoms with Gasteiger partial charge in [0.05, 0.1) is 21.8 Å². The molecule has 0 unspecified atom stereocenters. The number of Topliss-reactive ketones (excluding diaryl/α,β-unsaturated/α-hetero) is 1.